The van der Waals surface area contributed by atoms with Crippen molar-refractivity contribution in [2.24, 2.45) is 5.73 Å². The Morgan fingerprint density at radius 1 is 1.42 bits per heavy atom. The summed E-state index contributed by atoms with van der Waals surface area (Å²) in [4.78, 5) is 31.6. The van der Waals surface area contributed by atoms with E-state index in [0.717, 1.165) is 24.0 Å². The van der Waals surface area contributed by atoms with Crippen molar-refractivity contribution in [2.75, 3.05) is 19.6 Å². The minimum Gasteiger partial charge on any atom is -0.330 e. The second-order valence-electron chi connectivity index (χ2n) is 9.07. The van der Waals surface area contributed by atoms with Crippen molar-refractivity contribution in [3.63, 3.8) is 0 Å². The molecule has 3 N–H and O–H groups in total. The van der Waals surface area contributed by atoms with Gasteiger partial charge in [0.2, 0.25) is 17.6 Å². The highest BCUT2D eigenvalue weighted by Gasteiger charge is 2.51. The Balaban J connectivity index is 1.24. The SMILES string of the molecule is C[C@H](c1cccc(-c2nn[nH]n2)c1)N1C(=O)[C@H]2C[C@@H]1CN2C[C@H](N)C(=O)N1CCC[C@H]1C#N. The van der Waals surface area contributed by atoms with Crippen LogP contribution in [0.5, 0.6) is 0 Å². The molecule has 0 aliphatic carbocycles. The van der Waals surface area contributed by atoms with Crippen LogP contribution in [0.25, 0.3) is 11.4 Å². The summed E-state index contributed by atoms with van der Waals surface area (Å²) >= 11 is 0. The molecular weight excluding hydrogens is 422 g/mol. The molecule has 4 heterocycles. The van der Waals surface area contributed by atoms with Gasteiger partial charge in [-0.3, -0.25) is 14.5 Å². The van der Waals surface area contributed by atoms with Gasteiger partial charge in [0, 0.05) is 31.2 Å². The zero-order valence-corrected chi connectivity index (χ0v) is 18.5. The molecule has 5 atom stereocenters. The number of nitriles is 1. The molecule has 2 amide bonds. The number of hydrogen-bond donors (Lipinski definition) is 2. The Labute approximate surface area is 191 Å². The zero-order chi connectivity index (χ0) is 23.1. The average Bonchev–Trinajstić information content (AvgIpc) is 3.62. The van der Waals surface area contributed by atoms with Gasteiger partial charge in [-0.05, 0) is 43.0 Å². The fourth-order valence-electron chi connectivity index (χ4n) is 5.49. The summed E-state index contributed by atoms with van der Waals surface area (Å²) in [6.07, 6.45) is 2.26. The van der Waals surface area contributed by atoms with E-state index >= 15 is 0 Å². The van der Waals surface area contributed by atoms with Gasteiger partial charge in [-0.1, -0.05) is 18.2 Å². The van der Waals surface area contributed by atoms with E-state index in [1.54, 1.807) is 4.90 Å². The number of tetrazole rings is 1. The number of benzene rings is 1. The van der Waals surface area contributed by atoms with E-state index in [1.165, 1.54) is 0 Å². The Morgan fingerprint density at radius 3 is 3.00 bits per heavy atom. The van der Waals surface area contributed by atoms with E-state index in [9.17, 15) is 14.9 Å². The molecule has 33 heavy (non-hydrogen) atoms. The third-order valence-electron chi connectivity index (χ3n) is 7.14. The van der Waals surface area contributed by atoms with Crippen LogP contribution in [0, 0.1) is 11.3 Å². The predicted octanol–water partition coefficient (Wildman–Crippen LogP) is 0.0547. The molecule has 0 spiro atoms. The van der Waals surface area contributed by atoms with Crippen molar-refractivity contribution in [1.29, 1.82) is 5.26 Å². The van der Waals surface area contributed by atoms with Crippen LogP contribution in [0.1, 0.15) is 37.8 Å². The molecule has 0 unspecified atom stereocenters. The van der Waals surface area contributed by atoms with Crippen LogP contribution in [0.3, 0.4) is 0 Å². The Bertz CT molecular complexity index is 1080. The molecule has 3 fully saturated rings. The van der Waals surface area contributed by atoms with Crippen LogP contribution in [0.2, 0.25) is 0 Å². The fourth-order valence-corrected chi connectivity index (χ4v) is 5.49. The lowest BCUT2D eigenvalue weighted by molar-refractivity contribution is -0.140. The predicted molar refractivity (Wildman–Crippen MR) is 117 cm³/mol. The molecule has 5 rings (SSSR count). The van der Waals surface area contributed by atoms with Crippen LogP contribution < -0.4 is 5.73 Å². The van der Waals surface area contributed by atoms with Crippen molar-refractivity contribution in [3.05, 3.63) is 29.8 Å². The van der Waals surface area contributed by atoms with Gasteiger partial charge in [-0.25, -0.2) is 0 Å². The first-order valence-corrected chi connectivity index (χ1v) is 11.3. The highest BCUT2D eigenvalue weighted by Crippen LogP contribution is 2.38. The normalized spacial score (nSPS) is 26.6. The topological polar surface area (TPSA) is 148 Å². The number of carbonyl (C=O) groups is 2. The largest absolute Gasteiger partial charge is 0.330 e. The van der Waals surface area contributed by atoms with Gasteiger partial charge in [0.05, 0.1) is 24.2 Å². The first kappa shape index (κ1) is 21.5. The summed E-state index contributed by atoms with van der Waals surface area (Å²) in [5.41, 5.74) is 8.08. The number of hydrogen-bond acceptors (Lipinski definition) is 8. The van der Waals surface area contributed by atoms with Gasteiger partial charge in [0.1, 0.15) is 6.04 Å². The number of aromatic amines is 1. The second-order valence-corrected chi connectivity index (χ2v) is 9.07. The third-order valence-corrected chi connectivity index (χ3v) is 7.14. The Kier molecular flexibility index (Phi) is 5.55. The Morgan fingerprint density at radius 2 is 2.27 bits per heavy atom. The maximum atomic E-state index is 13.3. The molecule has 3 aliphatic heterocycles. The minimum absolute atomic E-state index is 0.0689. The zero-order valence-electron chi connectivity index (χ0n) is 18.5. The maximum absolute atomic E-state index is 13.3. The standard InChI is InChI=1S/C22H27N9O2/c1-13(14-4-2-5-15(8-14)20-25-27-28-26-20)31-17-9-19(22(31)33)29(11-17)12-18(24)21(32)30-7-3-6-16(30)10-23/h2,4-5,8,13,16-19H,3,6-7,9,11-12,24H2,1H3,(H,25,26,27,28)/t13-,16+,17-,18+,19-/m1/s1. The molecule has 0 saturated carbocycles. The van der Waals surface area contributed by atoms with Gasteiger partial charge in [-0.15, -0.1) is 10.2 Å². The van der Waals surface area contributed by atoms with Crippen molar-refractivity contribution in [2.45, 2.75) is 56.4 Å². The molecule has 2 aromatic rings. The van der Waals surface area contributed by atoms with E-state index in [-0.39, 0.29) is 36.0 Å². The molecular formula is C22H27N9O2. The smallest absolute Gasteiger partial charge is 0.241 e. The van der Waals surface area contributed by atoms with E-state index in [4.69, 9.17) is 5.73 Å². The first-order valence-electron chi connectivity index (χ1n) is 11.3. The van der Waals surface area contributed by atoms with E-state index < -0.39 is 6.04 Å². The van der Waals surface area contributed by atoms with Gasteiger partial charge in [0.15, 0.2) is 0 Å². The van der Waals surface area contributed by atoms with E-state index in [2.05, 4.69) is 26.7 Å². The number of piperazine rings is 1. The van der Waals surface area contributed by atoms with Crippen molar-refractivity contribution < 1.29 is 9.59 Å². The number of H-pyrrole nitrogens is 1. The van der Waals surface area contributed by atoms with E-state index in [1.807, 2.05) is 41.0 Å². The Hall–Kier alpha value is -3.36. The summed E-state index contributed by atoms with van der Waals surface area (Å²) in [5, 5.41) is 23.4. The van der Waals surface area contributed by atoms with Gasteiger partial charge in [0.25, 0.3) is 0 Å². The van der Waals surface area contributed by atoms with Crippen LogP contribution in [-0.2, 0) is 9.59 Å². The highest BCUT2D eigenvalue weighted by molar-refractivity contribution is 5.87. The number of carbonyl (C=O) groups excluding carboxylic acids is 2. The quantitative estimate of drug-likeness (QED) is 0.629. The summed E-state index contributed by atoms with van der Waals surface area (Å²) in [5.74, 6) is 0.386. The van der Waals surface area contributed by atoms with E-state index in [0.29, 0.717) is 31.9 Å². The molecule has 2 bridgehead atoms. The van der Waals surface area contributed by atoms with Gasteiger partial charge in [-0.2, -0.15) is 10.5 Å². The van der Waals surface area contributed by atoms with Gasteiger partial charge < -0.3 is 15.5 Å². The number of nitrogens with one attached hydrogen (secondary N) is 1. The lowest BCUT2D eigenvalue weighted by Gasteiger charge is -2.38. The van der Waals surface area contributed by atoms with Crippen LogP contribution in [0.15, 0.2) is 24.3 Å². The summed E-state index contributed by atoms with van der Waals surface area (Å²) in [6.45, 7) is 3.62. The monoisotopic (exact) mass is 449 g/mol. The average molecular weight is 450 g/mol. The molecule has 0 radical (unpaired) electrons. The van der Waals surface area contributed by atoms with Crippen molar-refractivity contribution >= 4 is 11.8 Å². The van der Waals surface area contributed by atoms with Crippen molar-refractivity contribution in [3.8, 4) is 17.5 Å². The molecule has 11 nitrogen and oxygen atoms in total. The number of aromatic nitrogens is 4. The number of rotatable bonds is 6. The van der Waals surface area contributed by atoms with Crippen LogP contribution in [0.4, 0.5) is 0 Å². The summed E-state index contributed by atoms with van der Waals surface area (Å²) in [6, 6.07) is 8.61. The molecule has 1 aromatic carbocycles. The van der Waals surface area contributed by atoms with Crippen LogP contribution in [-0.4, -0.2) is 90.9 Å². The molecule has 3 aliphatic rings. The minimum atomic E-state index is -0.733. The molecule has 1 aromatic heterocycles. The fraction of sp³-hybridized carbons (Fsp3) is 0.545. The number of nitrogens with zero attached hydrogens (tertiary/aromatic N) is 7. The maximum Gasteiger partial charge on any atom is 0.241 e. The number of amides is 2. The third kappa shape index (κ3) is 3.75. The lowest BCUT2D eigenvalue weighted by Crippen LogP contribution is -2.56. The summed E-state index contributed by atoms with van der Waals surface area (Å²) in [7, 11) is 0. The molecule has 172 valence electrons. The lowest BCUT2D eigenvalue weighted by atomic mass is 10.0. The first-order chi connectivity index (χ1) is 16.0. The van der Waals surface area contributed by atoms with Crippen molar-refractivity contribution in [1.82, 2.24) is 35.3 Å². The van der Waals surface area contributed by atoms with Crippen LogP contribution >= 0.6 is 0 Å². The number of fused-ring (bicyclic) bond motifs is 2. The molecule has 11 heteroatoms. The highest BCUT2D eigenvalue weighted by atomic mass is 16.2. The second kappa shape index (κ2) is 8.53. The number of nitrogens with two attached hydrogens (primary N) is 1. The number of likely N-dealkylation sites (tertiary alicyclic amines) is 3. The van der Waals surface area contributed by atoms with Gasteiger partial charge >= 0.3 is 0 Å². The molecule has 3 saturated heterocycles. The summed E-state index contributed by atoms with van der Waals surface area (Å²) < 4.78 is 0.